The highest BCUT2D eigenvalue weighted by Crippen LogP contribution is 2.25. The summed E-state index contributed by atoms with van der Waals surface area (Å²) < 4.78 is 5.13. The van der Waals surface area contributed by atoms with Gasteiger partial charge in [0, 0.05) is 12.5 Å². The molecule has 8 heteroatoms. The number of benzene rings is 2. The summed E-state index contributed by atoms with van der Waals surface area (Å²) in [5.74, 6) is -1.11. The van der Waals surface area contributed by atoms with Crippen molar-refractivity contribution < 1.29 is 19.2 Å². The quantitative estimate of drug-likeness (QED) is 0.446. The second kappa shape index (κ2) is 9.28. The van der Waals surface area contributed by atoms with Crippen LogP contribution in [0.15, 0.2) is 42.5 Å². The van der Waals surface area contributed by atoms with E-state index in [-0.39, 0.29) is 12.1 Å². The minimum atomic E-state index is -1.05. The number of nitro groups is 1. The molecule has 0 aliphatic heterocycles. The van der Waals surface area contributed by atoms with Crippen LogP contribution in [-0.2, 0) is 20.7 Å². The summed E-state index contributed by atoms with van der Waals surface area (Å²) in [5, 5.41) is 22.3. The van der Waals surface area contributed by atoms with Gasteiger partial charge in [-0.05, 0) is 44.0 Å². The fourth-order valence-electron chi connectivity index (χ4n) is 2.49. The first-order valence-electron chi connectivity index (χ1n) is 8.55. The third-order valence-corrected chi connectivity index (χ3v) is 4.14. The lowest BCUT2D eigenvalue weighted by Crippen LogP contribution is -2.30. The highest BCUT2D eigenvalue weighted by atomic mass is 16.6. The van der Waals surface area contributed by atoms with E-state index >= 15 is 0 Å². The third kappa shape index (κ3) is 5.38. The Kier molecular flexibility index (Phi) is 6.82. The zero-order valence-corrected chi connectivity index (χ0v) is 15.5. The fraction of sp³-hybridized carbons (Fsp3) is 0.250. The Bertz CT molecular complexity index is 932. The zero-order chi connectivity index (χ0) is 20.7. The molecule has 0 fully saturated rings. The van der Waals surface area contributed by atoms with E-state index in [4.69, 9.17) is 10.00 Å². The summed E-state index contributed by atoms with van der Waals surface area (Å²) in [7, 11) is 0. The van der Waals surface area contributed by atoms with Gasteiger partial charge in [-0.2, -0.15) is 5.26 Å². The lowest BCUT2D eigenvalue weighted by Gasteiger charge is -2.14. The van der Waals surface area contributed by atoms with E-state index in [9.17, 15) is 19.7 Å². The van der Waals surface area contributed by atoms with Crippen LogP contribution in [0, 0.1) is 28.4 Å². The second-order valence-corrected chi connectivity index (χ2v) is 6.14. The number of carbonyl (C=O) groups excluding carboxylic acids is 2. The molecule has 0 bridgehead atoms. The van der Waals surface area contributed by atoms with E-state index in [0.29, 0.717) is 23.2 Å². The molecule has 0 aliphatic rings. The van der Waals surface area contributed by atoms with E-state index in [1.807, 2.05) is 6.07 Å². The Balaban J connectivity index is 1.89. The SMILES string of the molecule is Cc1c(NC(=O)C(C)OC(=O)CCc2ccc(C#N)cc2)cccc1[N+](=O)[O-]. The van der Waals surface area contributed by atoms with Crippen LogP contribution in [0.2, 0.25) is 0 Å². The first-order chi connectivity index (χ1) is 13.3. The largest absolute Gasteiger partial charge is 0.453 e. The van der Waals surface area contributed by atoms with Gasteiger partial charge in [-0.1, -0.05) is 18.2 Å². The molecule has 0 radical (unpaired) electrons. The van der Waals surface area contributed by atoms with Gasteiger partial charge in [0.2, 0.25) is 0 Å². The van der Waals surface area contributed by atoms with Crippen molar-refractivity contribution >= 4 is 23.3 Å². The number of nitro benzene ring substituents is 1. The summed E-state index contributed by atoms with van der Waals surface area (Å²) in [4.78, 5) is 34.7. The van der Waals surface area contributed by atoms with Gasteiger partial charge in [0.1, 0.15) is 0 Å². The fourth-order valence-corrected chi connectivity index (χ4v) is 2.49. The summed E-state index contributed by atoms with van der Waals surface area (Å²) in [5.41, 5.74) is 1.91. The molecule has 144 valence electrons. The number of nitrogens with one attached hydrogen (secondary N) is 1. The molecule has 0 aliphatic carbocycles. The molecular weight excluding hydrogens is 362 g/mol. The maximum absolute atomic E-state index is 12.2. The van der Waals surface area contributed by atoms with Gasteiger partial charge in [-0.25, -0.2) is 0 Å². The van der Waals surface area contributed by atoms with Gasteiger partial charge in [0.05, 0.1) is 27.8 Å². The number of nitriles is 1. The van der Waals surface area contributed by atoms with Crippen LogP contribution in [-0.4, -0.2) is 22.9 Å². The van der Waals surface area contributed by atoms with Crippen LogP contribution in [0.3, 0.4) is 0 Å². The van der Waals surface area contributed by atoms with Gasteiger partial charge < -0.3 is 10.1 Å². The number of carbonyl (C=O) groups is 2. The molecule has 8 nitrogen and oxygen atoms in total. The summed E-state index contributed by atoms with van der Waals surface area (Å²) in [6.45, 7) is 2.96. The normalized spacial score (nSPS) is 11.2. The summed E-state index contributed by atoms with van der Waals surface area (Å²) in [6.07, 6.45) is -0.547. The van der Waals surface area contributed by atoms with Crippen LogP contribution in [0.5, 0.6) is 0 Å². The third-order valence-electron chi connectivity index (χ3n) is 4.14. The van der Waals surface area contributed by atoms with E-state index in [0.717, 1.165) is 5.56 Å². The highest BCUT2D eigenvalue weighted by Gasteiger charge is 2.20. The maximum atomic E-state index is 12.2. The van der Waals surface area contributed by atoms with Gasteiger partial charge in [-0.15, -0.1) is 0 Å². The van der Waals surface area contributed by atoms with Crippen LogP contribution >= 0.6 is 0 Å². The summed E-state index contributed by atoms with van der Waals surface area (Å²) >= 11 is 0. The molecule has 0 saturated carbocycles. The molecule has 0 heterocycles. The van der Waals surface area contributed by atoms with Crippen molar-refractivity contribution in [3.63, 3.8) is 0 Å². The molecule has 0 aromatic heterocycles. The number of nitrogens with zero attached hydrogens (tertiary/aromatic N) is 2. The van der Waals surface area contributed by atoms with E-state index in [2.05, 4.69) is 5.32 Å². The first-order valence-corrected chi connectivity index (χ1v) is 8.55. The van der Waals surface area contributed by atoms with Crippen LogP contribution < -0.4 is 5.32 Å². The van der Waals surface area contributed by atoms with Crippen molar-refractivity contribution in [2.24, 2.45) is 0 Å². The number of rotatable bonds is 7. The average Bonchev–Trinajstić information content (AvgIpc) is 2.68. The Morgan fingerprint density at radius 3 is 2.54 bits per heavy atom. The number of aryl methyl sites for hydroxylation is 1. The van der Waals surface area contributed by atoms with Gasteiger partial charge in [0.25, 0.3) is 11.6 Å². The van der Waals surface area contributed by atoms with Crippen molar-refractivity contribution in [2.75, 3.05) is 5.32 Å². The van der Waals surface area contributed by atoms with E-state index in [1.165, 1.54) is 26.0 Å². The van der Waals surface area contributed by atoms with Crippen molar-refractivity contribution in [2.45, 2.75) is 32.8 Å². The Hall–Kier alpha value is -3.73. The number of hydrogen-bond acceptors (Lipinski definition) is 6. The van der Waals surface area contributed by atoms with Crippen molar-refractivity contribution in [1.82, 2.24) is 0 Å². The van der Waals surface area contributed by atoms with E-state index in [1.54, 1.807) is 30.3 Å². The molecule has 28 heavy (non-hydrogen) atoms. The van der Waals surface area contributed by atoms with Crippen LogP contribution in [0.25, 0.3) is 0 Å². The number of hydrogen-bond donors (Lipinski definition) is 1. The molecule has 1 atom stereocenters. The maximum Gasteiger partial charge on any atom is 0.306 e. The second-order valence-electron chi connectivity index (χ2n) is 6.14. The molecule has 1 N–H and O–H groups in total. The first kappa shape index (κ1) is 20.6. The molecule has 2 aromatic carbocycles. The number of anilines is 1. The minimum Gasteiger partial charge on any atom is -0.453 e. The van der Waals surface area contributed by atoms with E-state index < -0.39 is 22.9 Å². The van der Waals surface area contributed by atoms with Crippen molar-refractivity contribution in [3.05, 3.63) is 69.3 Å². The lowest BCUT2D eigenvalue weighted by atomic mass is 10.1. The number of amides is 1. The monoisotopic (exact) mass is 381 g/mol. The van der Waals surface area contributed by atoms with Crippen molar-refractivity contribution in [1.29, 1.82) is 5.26 Å². The van der Waals surface area contributed by atoms with Gasteiger partial charge >= 0.3 is 5.97 Å². The predicted molar refractivity (Wildman–Crippen MR) is 101 cm³/mol. The molecule has 2 aromatic rings. The molecule has 0 saturated heterocycles. The molecule has 1 amide bonds. The Morgan fingerprint density at radius 1 is 1.25 bits per heavy atom. The highest BCUT2D eigenvalue weighted by molar-refractivity contribution is 5.96. The lowest BCUT2D eigenvalue weighted by molar-refractivity contribution is -0.385. The van der Waals surface area contributed by atoms with Crippen molar-refractivity contribution in [3.8, 4) is 6.07 Å². The minimum absolute atomic E-state index is 0.0827. The smallest absolute Gasteiger partial charge is 0.306 e. The zero-order valence-electron chi connectivity index (χ0n) is 15.5. The van der Waals surface area contributed by atoms with Crippen LogP contribution in [0.4, 0.5) is 11.4 Å². The average molecular weight is 381 g/mol. The predicted octanol–water partition coefficient (Wildman–Crippen LogP) is 3.28. The standard InChI is InChI=1S/C20H19N3O5/c1-13-17(4-3-5-18(13)23(26)27)22-20(25)14(2)28-19(24)11-10-15-6-8-16(12-21)9-7-15/h3-9,14H,10-11H2,1-2H3,(H,22,25). The Labute approximate surface area is 161 Å². The van der Waals surface area contributed by atoms with Gasteiger partial charge in [-0.3, -0.25) is 19.7 Å². The number of ether oxygens (including phenoxy) is 1. The molecule has 1 unspecified atom stereocenters. The molecule has 2 rings (SSSR count). The Morgan fingerprint density at radius 2 is 1.93 bits per heavy atom. The topological polar surface area (TPSA) is 122 Å². The summed E-state index contributed by atoms with van der Waals surface area (Å²) in [6, 6.07) is 13.2. The molecule has 0 spiro atoms. The number of esters is 1. The van der Waals surface area contributed by atoms with Crippen LogP contribution in [0.1, 0.15) is 30.0 Å². The van der Waals surface area contributed by atoms with Gasteiger partial charge in [0.15, 0.2) is 6.10 Å². The molecular formula is C20H19N3O5.